The van der Waals surface area contributed by atoms with Crippen molar-refractivity contribution in [3.05, 3.63) is 71.0 Å². The van der Waals surface area contributed by atoms with E-state index in [0.29, 0.717) is 0 Å². The summed E-state index contributed by atoms with van der Waals surface area (Å²) in [6.45, 7) is 3.57. The third kappa shape index (κ3) is 2.67. The van der Waals surface area contributed by atoms with Gasteiger partial charge in [0.25, 0.3) is 5.91 Å². The minimum atomic E-state index is -0.769. The standard InChI is InChI=1S/C20H19NO4/c1-3-15(22)17-18(13-9-5-4-8-12(13)2)21(20(25)19(17)24)14-10-6-7-11-16(14)23/h4-11,18,23-24H,3H2,1-2H3. The second-order valence-corrected chi connectivity index (χ2v) is 5.96. The minimum absolute atomic E-state index is 0.0741. The quantitative estimate of drug-likeness (QED) is 0.894. The molecule has 1 amide bonds. The molecule has 25 heavy (non-hydrogen) atoms. The smallest absolute Gasteiger partial charge is 0.294 e. The second-order valence-electron chi connectivity index (χ2n) is 5.96. The molecule has 1 unspecified atom stereocenters. The third-order valence-electron chi connectivity index (χ3n) is 4.45. The van der Waals surface area contributed by atoms with Crippen LogP contribution in [0.5, 0.6) is 5.75 Å². The van der Waals surface area contributed by atoms with Crippen LogP contribution in [-0.4, -0.2) is 21.9 Å². The first kappa shape index (κ1) is 16.8. The van der Waals surface area contributed by atoms with Crippen LogP contribution >= 0.6 is 0 Å². The number of Topliss-reactive ketones (excluding diaryl/α,β-unsaturated/α-hetero) is 1. The molecular formula is C20H19NO4. The number of ketones is 1. The van der Waals surface area contributed by atoms with E-state index in [0.717, 1.165) is 11.1 Å². The number of nitrogens with zero attached hydrogens (tertiary/aromatic N) is 1. The lowest BCUT2D eigenvalue weighted by molar-refractivity contribution is -0.118. The zero-order chi connectivity index (χ0) is 18.1. The fourth-order valence-electron chi connectivity index (χ4n) is 3.18. The highest BCUT2D eigenvalue weighted by atomic mass is 16.3. The molecule has 0 saturated heterocycles. The lowest BCUT2D eigenvalue weighted by Crippen LogP contribution is -2.31. The summed E-state index contributed by atoms with van der Waals surface area (Å²) in [5.41, 5.74) is 1.95. The van der Waals surface area contributed by atoms with Crippen molar-refractivity contribution in [2.75, 3.05) is 4.90 Å². The van der Waals surface area contributed by atoms with Crippen molar-refractivity contribution in [2.45, 2.75) is 26.3 Å². The maximum Gasteiger partial charge on any atom is 0.294 e. The summed E-state index contributed by atoms with van der Waals surface area (Å²) in [7, 11) is 0. The Balaban J connectivity index is 2.25. The molecule has 0 radical (unpaired) electrons. The van der Waals surface area contributed by atoms with Gasteiger partial charge in [0.05, 0.1) is 17.3 Å². The fraction of sp³-hybridized carbons (Fsp3) is 0.200. The van der Waals surface area contributed by atoms with E-state index in [1.165, 1.54) is 11.0 Å². The maximum atomic E-state index is 12.7. The molecule has 0 fully saturated rings. The summed E-state index contributed by atoms with van der Waals surface area (Å²) in [6.07, 6.45) is 0.170. The largest absolute Gasteiger partial charge is 0.506 e. The first-order valence-corrected chi connectivity index (χ1v) is 8.10. The number of aromatic hydroxyl groups is 1. The predicted molar refractivity (Wildman–Crippen MR) is 94.5 cm³/mol. The van der Waals surface area contributed by atoms with E-state index >= 15 is 0 Å². The van der Waals surface area contributed by atoms with E-state index in [1.54, 1.807) is 25.1 Å². The van der Waals surface area contributed by atoms with Gasteiger partial charge in [0.15, 0.2) is 11.5 Å². The summed E-state index contributed by atoms with van der Waals surface area (Å²) in [4.78, 5) is 26.5. The molecule has 0 bridgehead atoms. The van der Waals surface area contributed by atoms with Crippen LogP contribution in [0.15, 0.2) is 59.9 Å². The number of amides is 1. The van der Waals surface area contributed by atoms with Crippen LogP contribution in [-0.2, 0) is 9.59 Å². The Hall–Kier alpha value is -3.08. The lowest BCUT2D eigenvalue weighted by Gasteiger charge is -2.28. The number of para-hydroxylation sites is 2. The number of anilines is 1. The van der Waals surface area contributed by atoms with Crippen molar-refractivity contribution >= 4 is 17.4 Å². The van der Waals surface area contributed by atoms with Gasteiger partial charge in [0.2, 0.25) is 0 Å². The van der Waals surface area contributed by atoms with E-state index in [2.05, 4.69) is 0 Å². The molecule has 1 heterocycles. The number of hydrogen-bond donors (Lipinski definition) is 2. The molecular weight excluding hydrogens is 318 g/mol. The van der Waals surface area contributed by atoms with Crippen molar-refractivity contribution < 1.29 is 19.8 Å². The first-order chi connectivity index (χ1) is 12.0. The Morgan fingerprint density at radius 3 is 2.36 bits per heavy atom. The minimum Gasteiger partial charge on any atom is -0.506 e. The summed E-state index contributed by atoms with van der Waals surface area (Å²) in [6, 6.07) is 13.0. The van der Waals surface area contributed by atoms with Crippen LogP contribution < -0.4 is 4.90 Å². The van der Waals surface area contributed by atoms with Crippen molar-refractivity contribution in [1.82, 2.24) is 0 Å². The van der Waals surface area contributed by atoms with Gasteiger partial charge < -0.3 is 10.2 Å². The van der Waals surface area contributed by atoms with Crippen molar-refractivity contribution in [3.8, 4) is 5.75 Å². The van der Waals surface area contributed by atoms with Gasteiger partial charge in [-0.2, -0.15) is 0 Å². The summed E-state index contributed by atoms with van der Waals surface area (Å²) < 4.78 is 0. The normalized spacial score (nSPS) is 17.3. The molecule has 1 aliphatic rings. The average Bonchev–Trinajstić information content (AvgIpc) is 2.87. The number of hydrogen-bond acceptors (Lipinski definition) is 4. The number of rotatable bonds is 4. The number of phenols is 1. The molecule has 0 aromatic heterocycles. The molecule has 3 rings (SSSR count). The predicted octanol–water partition coefficient (Wildman–Crippen LogP) is 3.58. The van der Waals surface area contributed by atoms with Crippen LogP contribution in [0, 0.1) is 6.92 Å². The molecule has 2 aromatic carbocycles. The van der Waals surface area contributed by atoms with Gasteiger partial charge in [-0.1, -0.05) is 43.3 Å². The van der Waals surface area contributed by atoms with Crippen molar-refractivity contribution in [2.24, 2.45) is 0 Å². The molecule has 128 valence electrons. The number of carbonyl (C=O) groups is 2. The van der Waals surface area contributed by atoms with Crippen LogP contribution in [0.4, 0.5) is 5.69 Å². The van der Waals surface area contributed by atoms with E-state index < -0.39 is 17.7 Å². The van der Waals surface area contributed by atoms with Crippen LogP contribution in [0.1, 0.15) is 30.5 Å². The van der Waals surface area contributed by atoms with Gasteiger partial charge in [-0.05, 0) is 30.2 Å². The van der Waals surface area contributed by atoms with E-state index in [-0.39, 0.29) is 29.2 Å². The molecule has 5 nitrogen and oxygen atoms in total. The Bertz CT molecular complexity index is 885. The van der Waals surface area contributed by atoms with E-state index in [9.17, 15) is 19.8 Å². The Morgan fingerprint density at radius 1 is 1.08 bits per heavy atom. The third-order valence-corrected chi connectivity index (χ3v) is 4.45. The van der Waals surface area contributed by atoms with Gasteiger partial charge in [0, 0.05) is 6.42 Å². The van der Waals surface area contributed by atoms with Gasteiger partial charge in [-0.25, -0.2) is 0 Å². The Labute approximate surface area is 145 Å². The van der Waals surface area contributed by atoms with E-state index in [4.69, 9.17) is 0 Å². The summed E-state index contributed by atoms with van der Waals surface area (Å²) in [5, 5.41) is 20.6. The number of phenolic OH excluding ortho intramolecular Hbond substituents is 1. The molecule has 1 aliphatic heterocycles. The molecule has 0 aliphatic carbocycles. The monoisotopic (exact) mass is 337 g/mol. The molecule has 2 aromatic rings. The second kappa shape index (κ2) is 6.43. The number of carbonyl (C=O) groups excluding carboxylic acids is 2. The van der Waals surface area contributed by atoms with Crippen LogP contribution in [0.3, 0.4) is 0 Å². The summed E-state index contributed by atoms with van der Waals surface area (Å²) >= 11 is 0. The first-order valence-electron chi connectivity index (χ1n) is 8.10. The number of benzene rings is 2. The van der Waals surface area contributed by atoms with Gasteiger partial charge in [0.1, 0.15) is 5.75 Å². The maximum absolute atomic E-state index is 12.7. The van der Waals surface area contributed by atoms with Crippen molar-refractivity contribution in [1.29, 1.82) is 0 Å². The molecule has 0 spiro atoms. The van der Waals surface area contributed by atoms with Gasteiger partial charge in [-0.3, -0.25) is 14.5 Å². The Kier molecular flexibility index (Phi) is 4.31. The molecule has 0 saturated carbocycles. The Morgan fingerprint density at radius 2 is 1.72 bits per heavy atom. The number of aryl methyl sites for hydroxylation is 1. The summed E-state index contributed by atoms with van der Waals surface area (Å²) in [5.74, 6) is -1.63. The van der Waals surface area contributed by atoms with E-state index in [1.807, 2.05) is 31.2 Å². The zero-order valence-electron chi connectivity index (χ0n) is 14.1. The highest BCUT2D eigenvalue weighted by Gasteiger charge is 2.44. The molecule has 5 heteroatoms. The number of aliphatic hydroxyl groups is 1. The molecule has 2 N–H and O–H groups in total. The molecule has 1 atom stereocenters. The topological polar surface area (TPSA) is 77.8 Å². The fourth-order valence-corrected chi connectivity index (χ4v) is 3.18. The zero-order valence-corrected chi connectivity index (χ0v) is 14.1. The number of aliphatic hydroxyl groups excluding tert-OH is 1. The SMILES string of the molecule is CCC(=O)C1=C(O)C(=O)N(c2ccccc2O)C1c1ccccc1C. The van der Waals surface area contributed by atoms with Gasteiger partial charge in [-0.15, -0.1) is 0 Å². The highest BCUT2D eigenvalue weighted by Crippen LogP contribution is 2.44. The highest BCUT2D eigenvalue weighted by molar-refractivity contribution is 6.16. The van der Waals surface area contributed by atoms with Crippen LogP contribution in [0.25, 0.3) is 0 Å². The van der Waals surface area contributed by atoms with Gasteiger partial charge >= 0.3 is 0 Å². The van der Waals surface area contributed by atoms with Crippen LogP contribution in [0.2, 0.25) is 0 Å². The average molecular weight is 337 g/mol. The lowest BCUT2D eigenvalue weighted by atomic mass is 9.92. The van der Waals surface area contributed by atoms with Crippen molar-refractivity contribution in [3.63, 3.8) is 0 Å².